The summed E-state index contributed by atoms with van der Waals surface area (Å²) in [6.07, 6.45) is 3.12. The zero-order valence-corrected chi connectivity index (χ0v) is 20.4. The van der Waals surface area contributed by atoms with Crippen molar-refractivity contribution in [3.8, 4) is 0 Å². The van der Waals surface area contributed by atoms with Crippen LogP contribution in [0.25, 0.3) is 0 Å². The summed E-state index contributed by atoms with van der Waals surface area (Å²) in [4.78, 5) is 22.7. The van der Waals surface area contributed by atoms with Crippen molar-refractivity contribution in [2.24, 2.45) is 0 Å². The number of carbonyl (C=O) groups is 1. The molecule has 1 rings (SSSR count). The normalized spacial score (nSPS) is 14.0. The SMILES string of the molecule is CC(C)(C)OC(=O)N[C@H](CCCC(C)(C)[Si](C)(C)O)Cc1ccc(Br)cc1. The fourth-order valence-corrected chi connectivity index (χ4v) is 3.75. The van der Waals surface area contributed by atoms with Crippen LogP contribution in [0.1, 0.15) is 59.4 Å². The Balaban J connectivity index is 2.75. The van der Waals surface area contributed by atoms with E-state index in [0.717, 1.165) is 30.2 Å². The molecule has 4 nitrogen and oxygen atoms in total. The summed E-state index contributed by atoms with van der Waals surface area (Å²) < 4.78 is 6.48. The maximum Gasteiger partial charge on any atom is 0.407 e. The molecule has 1 aromatic rings. The predicted molar refractivity (Wildman–Crippen MR) is 119 cm³/mol. The molecule has 0 saturated carbocycles. The molecule has 0 aliphatic carbocycles. The van der Waals surface area contributed by atoms with Crippen LogP contribution in [-0.4, -0.2) is 30.8 Å². The second-order valence-electron chi connectivity index (χ2n) is 9.51. The first-order valence-electron chi connectivity index (χ1n) is 9.66. The van der Waals surface area contributed by atoms with Crippen LogP contribution in [0.3, 0.4) is 0 Å². The summed E-state index contributed by atoms with van der Waals surface area (Å²) in [5.41, 5.74) is 0.663. The fraction of sp³-hybridized carbons (Fsp3) is 0.667. The summed E-state index contributed by atoms with van der Waals surface area (Å²) in [5.74, 6) is 0. The van der Waals surface area contributed by atoms with Gasteiger partial charge in [0.25, 0.3) is 0 Å². The Morgan fingerprint density at radius 1 is 1.19 bits per heavy atom. The third-order valence-corrected chi connectivity index (χ3v) is 9.22. The molecule has 0 aliphatic heterocycles. The lowest BCUT2D eigenvalue weighted by molar-refractivity contribution is 0.0501. The fourth-order valence-electron chi connectivity index (χ4n) is 2.70. The smallest absolute Gasteiger partial charge is 0.407 e. The highest BCUT2D eigenvalue weighted by Crippen LogP contribution is 2.40. The molecule has 154 valence electrons. The molecule has 0 saturated heterocycles. The van der Waals surface area contributed by atoms with Gasteiger partial charge < -0.3 is 14.8 Å². The van der Waals surface area contributed by atoms with Gasteiger partial charge in [0.15, 0.2) is 8.32 Å². The zero-order chi connectivity index (χ0) is 20.9. The average molecular weight is 459 g/mol. The van der Waals surface area contributed by atoms with Gasteiger partial charge in [-0.05, 0) is 75.9 Å². The molecule has 0 fully saturated rings. The number of alkyl carbamates (subject to hydrolysis) is 1. The maximum atomic E-state index is 12.3. The second-order valence-corrected chi connectivity index (χ2v) is 14.9. The van der Waals surface area contributed by atoms with Crippen molar-refractivity contribution in [1.29, 1.82) is 0 Å². The van der Waals surface area contributed by atoms with Crippen molar-refractivity contribution in [3.63, 3.8) is 0 Å². The van der Waals surface area contributed by atoms with Gasteiger partial charge in [-0.25, -0.2) is 4.79 Å². The first kappa shape index (κ1) is 24.2. The molecule has 6 heteroatoms. The lowest BCUT2D eigenvalue weighted by atomic mass is 9.97. The monoisotopic (exact) mass is 457 g/mol. The number of halogens is 1. The number of rotatable bonds is 8. The summed E-state index contributed by atoms with van der Waals surface area (Å²) in [6.45, 7) is 13.9. The van der Waals surface area contributed by atoms with Crippen LogP contribution in [0.4, 0.5) is 4.79 Å². The lowest BCUT2D eigenvalue weighted by Gasteiger charge is -2.35. The van der Waals surface area contributed by atoms with Crippen LogP contribution < -0.4 is 5.32 Å². The van der Waals surface area contributed by atoms with E-state index in [1.54, 1.807) is 0 Å². The Labute approximate surface area is 174 Å². The number of nitrogens with one attached hydrogen (secondary N) is 1. The highest BCUT2D eigenvalue weighted by atomic mass is 79.9. The number of carbonyl (C=O) groups excluding carboxylic acids is 1. The van der Waals surface area contributed by atoms with Crippen molar-refractivity contribution < 1.29 is 14.3 Å². The molecule has 0 aliphatic rings. The van der Waals surface area contributed by atoms with Crippen molar-refractivity contribution in [2.45, 2.75) is 90.1 Å². The van der Waals surface area contributed by atoms with E-state index in [1.165, 1.54) is 5.56 Å². The van der Waals surface area contributed by atoms with Gasteiger partial charge in [0.1, 0.15) is 5.60 Å². The number of hydrogen-bond acceptors (Lipinski definition) is 3. The molecule has 0 bridgehead atoms. The van der Waals surface area contributed by atoms with Crippen molar-refractivity contribution in [2.75, 3.05) is 0 Å². The number of benzene rings is 1. The number of hydrogen-bond donors (Lipinski definition) is 2. The molecule has 2 N–H and O–H groups in total. The minimum absolute atomic E-state index is 0.000275. The van der Waals surface area contributed by atoms with Gasteiger partial charge >= 0.3 is 6.09 Å². The minimum atomic E-state index is -2.22. The summed E-state index contributed by atoms with van der Waals surface area (Å²) in [5, 5.41) is 2.98. The number of amides is 1. The van der Waals surface area contributed by atoms with Gasteiger partial charge in [0.05, 0.1) is 0 Å². The first-order valence-corrected chi connectivity index (χ1v) is 13.4. The van der Waals surface area contributed by atoms with Crippen LogP contribution in [-0.2, 0) is 11.2 Å². The molecule has 27 heavy (non-hydrogen) atoms. The third kappa shape index (κ3) is 9.26. The van der Waals surface area contributed by atoms with Gasteiger partial charge in [0, 0.05) is 10.5 Å². The summed E-state index contributed by atoms with van der Waals surface area (Å²) in [6, 6.07) is 8.18. The quantitative estimate of drug-likeness (QED) is 0.468. The van der Waals surface area contributed by atoms with Crippen LogP contribution in [0.2, 0.25) is 18.1 Å². The van der Waals surface area contributed by atoms with E-state index < -0.39 is 13.9 Å². The molecule has 0 aromatic heterocycles. The van der Waals surface area contributed by atoms with Gasteiger partial charge in [-0.3, -0.25) is 0 Å². The standard InChI is InChI=1S/C21H36BrNO3Si/c1-20(2,3)26-19(24)23-18(15-16-10-12-17(22)13-11-16)9-8-14-21(4,5)27(6,7)25/h10-13,18,25H,8-9,14-15H2,1-7H3,(H,23,24)/t18-/m1/s1. The molecule has 1 aromatic carbocycles. The molecule has 0 spiro atoms. The van der Waals surface area contributed by atoms with Gasteiger partial charge in [-0.1, -0.05) is 48.3 Å². The van der Waals surface area contributed by atoms with E-state index >= 15 is 0 Å². The van der Waals surface area contributed by atoms with E-state index in [4.69, 9.17) is 4.74 Å². The van der Waals surface area contributed by atoms with Crippen molar-refractivity contribution >= 4 is 30.3 Å². The molecular weight excluding hydrogens is 422 g/mol. The highest BCUT2D eigenvalue weighted by molar-refractivity contribution is 9.10. The Morgan fingerprint density at radius 3 is 2.22 bits per heavy atom. The lowest BCUT2D eigenvalue weighted by Crippen LogP contribution is -2.41. The predicted octanol–water partition coefficient (Wildman–Crippen LogP) is 6.03. The average Bonchev–Trinajstić information content (AvgIpc) is 2.46. The zero-order valence-electron chi connectivity index (χ0n) is 17.9. The Morgan fingerprint density at radius 2 is 1.74 bits per heavy atom. The van der Waals surface area contributed by atoms with Crippen LogP contribution in [0.5, 0.6) is 0 Å². The van der Waals surface area contributed by atoms with E-state index in [2.05, 4.69) is 47.2 Å². The highest BCUT2D eigenvalue weighted by Gasteiger charge is 2.37. The Hall–Kier alpha value is -0.853. The van der Waals surface area contributed by atoms with Crippen molar-refractivity contribution in [3.05, 3.63) is 34.3 Å². The number of ether oxygens (including phenoxy) is 1. The topological polar surface area (TPSA) is 58.6 Å². The van der Waals surface area contributed by atoms with Crippen LogP contribution in [0, 0.1) is 0 Å². The van der Waals surface area contributed by atoms with Gasteiger partial charge in [0.2, 0.25) is 0 Å². The first-order chi connectivity index (χ1) is 12.2. The van der Waals surface area contributed by atoms with Crippen LogP contribution >= 0.6 is 15.9 Å². The molecule has 0 heterocycles. The third-order valence-electron chi connectivity index (χ3n) is 5.13. The largest absolute Gasteiger partial charge is 0.444 e. The maximum absolute atomic E-state index is 12.3. The minimum Gasteiger partial charge on any atom is -0.444 e. The Kier molecular flexibility index (Phi) is 8.57. The van der Waals surface area contributed by atoms with Gasteiger partial charge in [-0.15, -0.1) is 0 Å². The Bertz CT molecular complexity index is 603. The van der Waals surface area contributed by atoms with E-state index in [-0.39, 0.29) is 17.2 Å². The van der Waals surface area contributed by atoms with E-state index in [0.29, 0.717) is 0 Å². The van der Waals surface area contributed by atoms with Crippen LogP contribution in [0.15, 0.2) is 28.7 Å². The molecule has 0 radical (unpaired) electrons. The van der Waals surface area contributed by atoms with Crippen molar-refractivity contribution in [1.82, 2.24) is 5.32 Å². The van der Waals surface area contributed by atoms with E-state index in [9.17, 15) is 9.59 Å². The molecule has 1 atom stereocenters. The molecular formula is C21H36BrNO3Si. The molecule has 0 unspecified atom stereocenters. The van der Waals surface area contributed by atoms with Gasteiger partial charge in [-0.2, -0.15) is 0 Å². The van der Waals surface area contributed by atoms with E-state index in [1.807, 2.05) is 46.0 Å². The summed E-state index contributed by atoms with van der Waals surface area (Å²) >= 11 is 3.46. The second kappa shape index (κ2) is 9.57. The molecule has 1 amide bonds. The summed E-state index contributed by atoms with van der Waals surface area (Å²) in [7, 11) is -2.22.